The van der Waals surface area contributed by atoms with Crippen LogP contribution in [-0.2, 0) is 0 Å². The number of hydrogen-bond acceptors (Lipinski definition) is 4. The quantitative estimate of drug-likeness (QED) is 0.766. The van der Waals surface area contributed by atoms with Crippen molar-refractivity contribution in [2.75, 3.05) is 5.32 Å². The van der Waals surface area contributed by atoms with Crippen LogP contribution in [0.15, 0.2) is 12.3 Å². The Hall–Kier alpha value is -1.65. The van der Waals surface area contributed by atoms with Gasteiger partial charge in [0, 0.05) is 12.1 Å². The fraction of sp³-hybridized carbons (Fsp3) is 0.444. The number of aromatic nitrogens is 4. The van der Waals surface area contributed by atoms with E-state index in [1.165, 1.54) is 12.8 Å². The summed E-state index contributed by atoms with van der Waals surface area (Å²) in [6, 6.07) is 2.46. The van der Waals surface area contributed by atoms with Gasteiger partial charge in [-0.05, 0) is 19.8 Å². The molecule has 0 bridgehead atoms. The van der Waals surface area contributed by atoms with E-state index in [9.17, 15) is 0 Å². The number of fused-ring (bicyclic) bond motifs is 1. The minimum atomic E-state index is 0.580. The lowest BCUT2D eigenvalue weighted by Crippen LogP contribution is -2.10. The zero-order chi connectivity index (χ0) is 9.54. The first-order valence-corrected chi connectivity index (χ1v) is 4.78. The predicted molar refractivity (Wildman–Crippen MR) is 52.2 cm³/mol. The lowest BCUT2D eigenvalue weighted by Gasteiger charge is -2.05. The molecule has 3 rings (SSSR count). The van der Waals surface area contributed by atoms with Gasteiger partial charge in [-0.3, -0.25) is 0 Å². The van der Waals surface area contributed by atoms with Crippen LogP contribution in [0, 0.1) is 6.92 Å². The van der Waals surface area contributed by atoms with E-state index in [1.54, 1.807) is 10.7 Å². The highest BCUT2D eigenvalue weighted by Gasteiger charge is 2.22. The number of anilines is 1. The molecule has 2 aromatic heterocycles. The second kappa shape index (κ2) is 2.67. The number of hydrogen-bond donors (Lipinski definition) is 1. The lowest BCUT2D eigenvalue weighted by molar-refractivity contribution is 0.860. The molecule has 0 atom stereocenters. The Balaban J connectivity index is 2.13. The molecule has 1 fully saturated rings. The van der Waals surface area contributed by atoms with Crippen LogP contribution in [0.5, 0.6) is 0 Å². The standard InChI is InChI=1S/C9H11N5/c1-6-11-8-4-5-10-14(8)9(12-6)13-7-2-3-7/h4-5,7H,2-3H2,1H3,(H,11,12,13). The van der Waals surface area contributed by atoms with Crippen molar-refractivity contribution in [1.82, 2.24) is 19.6 Å². The molecule has 2 heterocycles. The average molecular weight is 189 g/mol. The SMILES string of the molecule is Cc1nc(NC2CC2)n2nccc2n1. The molecule has 5 heteroatoms. The molecule has 0 spiro atoms. The van der Waals surface area contributed by atoms with Crippen LogP contribution >= 0.6 is 0 Å². The van der Waals surface area contributed by atoms with Crippen molar-refractivity contribution < 1.29 is 0 Å². The van der Waals surface area contributed by atoms with Gasteiger partial charge >= 0.3 is 0 Å². The Morgan fingerprint density at radius 1 is 1.43 bits per heavy atom. The molecular formula is C9H11N5. The summed E-state index contributed by atoms with van der Waals surface area (Å²) in [4.78, 5) is 8.61. The fourth-order valence-corrected chi connectivity index (χ4v) is 1.44. The van der Waals surface area contributed by atoms with E-state index >= 15 is 0 Å². The highest BCUT2D eigenvalue weighted by Crippen LogP contribution is 2.23. The molecule has 2 aromatic rings. The lowest BCUT2D eigenvalue weighted by atomic mass is 10.6. The Morgan fingerprint density at radius 2 is 2.29 bits per heavy atom. The maximum absolute atomic E-state index is 4.33. The van der Waals surface area contributed by atoms with E-state index in [0.717, 1.165) is 17.4 Å². The highest BCUT2D eigenvalue weighted by atomic mass is 15.3. The van der Waals surface area contributed by atoms with E-state index in [-0.39, 0.29) is 0 Å². The first-order chi connectivity index (χ1) is 6.83. The second-order valence-corrected chi connectivity index (χ2v) is 3.61. The fourth-order valence-electron chi connectivity index (χ4n) is 1.44. The van der Waals surface area contributed by atoms with E-state index in [2.05, 4.69) is 20.4 Å². The maximum atomic E-state index is 4.33. The minimum absolute atomic E-state index is 0.580. The predicted octanol–water partition coefficient (Wildman–Crippen LogP) is 1.01. The summed E-state index contributed by atoms with van der Waals surface area (Å²) in [6.07, 6.45) is 4.19. The van der Waals surface area contributed by atoms with Gasteiger partial charge in [0.15, 0.2) is 5.65 Å². The topological polar surface area (TPSA) is 55.1 Å². The molecule has 0 amide bonds. The van der Waals surface area contributed by atoms with Crippen LogP contribution in [0.4, 0.5) is 5.95 Å². The van der Waals surface area contributed by atoms with Crippen molar-refractivity contribution in [2.24, 2.45) is 0 Å². The van der Waals surface area contributed by atoms with Gasteiger partial charge in [-0.15, -0.1) is 0 Å². The summed E-state index contributed by atoms with van der Waals surface area (Å²) >= 11 is 0. The maximum Gasteiger partial charge on any atom is 0.227 e. The van der Waals surface area contributed by atoms with E-state index in [1.807, 2.05) is 13.0 Å². The van der Waals surface area contributed by atoms with Crippen LogP contribution < -0.4 is 5.32 Å². The number of rotatable bonds is 2. The van der Waals surface area contributed by atoms with Gasteiger partial charge in [-0.2, -0.15) is 14.6 Å². The molecule has 1 saturated carbocycles. The largest absolute Gasteiger partial charge is 0.351 e. The average Bonchev–Trinajstić information content (AvgIpc) is 2.81. The van der Waals surface area contributed by atoms with Crippen LogP contribution in [0.25, 0.3) is 5.65 Å². The van der Waals surface area contributed by atoms with Gasteiger partial charge in [-0.1, -0.05) is 0 Å². The highest BCUT2D eigenvalue weighted by molar-refractivity contribution is 5.44. The molecule has 0 radical (unpaired) electrons. The smallest absolute Gasteiger partial charge is 0.227 e. The van der Waals surface area contributed by atoms with Gasteiger partial charge in [0.05, 0.1) is 6.20 Å². The molecule has 5 nitrogen and oxygen atoms in total. The van der Waals surface area contributed by atoms with E-state index < -0.39 is 0 Å². The third-order valence-electron chi connectivity index (χ3n) is 2.28. The van der Waals surface area contributed by atoms with E-state index in [0.29, 0.717) is 6.04 Å². The monoisotopic (exact) mass is 189 g/mol. The Morgan fingerprint density at radius 3 is 3.07 bits per heavy atom. The zero-order valence-corrected chi connectivity index (χ0v) is 7.94. The summed E-state index contributed by atoms with van der Waals surface area (Å²) in [5.74, 6) is 1.58. The summed E-state index contributed by atoms with van der Waals surface area (Å²) in [6.45, 7) is 1.89. The van der Waals surface area contributed by atoms with Gasteiger partial charge in [0.1, 0.15) is 5.82 Å². The Kier molecular flexibility index (Phi) is 1.47. The molecule has 14 heavy (non-hydrogen) atoms. The summed E-state index contributed by atoms with van der Waals surface area (Å²) in [7, 11) is 0. The molecule has 1 aliphatic rings. The van der Waals surface area contributed by atoms with Gasteiger partial charge in [0.2, 0.25) is 5.95 Å². The van der Waals surface area contributed by atoms with Gasteiger partial charge in [-0.25, -0.2) is 4.98 Å². The first-order valence-electron chi connectivity index (χ1n) is 4.78. The first kappa shape index (κ1) is 7.73. The van der Waals surface area contributed by atoms with Crippen molar-refractivity contribution in [3.8, 4) is 0 Å². The van der Waals surface area contributed by atoms with Crippen molar-refractivity contribution in [3.05, 3.63) is 18.1 Å². The second-order valence-electron chi connectivity index (χ2n) is 3.61. The summed E-state index contributed by atoms with van der Waals surface area (Å²) in [5, 5.41) is 7.50. The van der Waals surface area contributed by atoms with Crippen LogP contribution in [0.1, 0.15) is 18.7 Å². The third-order valence-corrected chi connectivity index (χ3v) is 2.28. The number of nitrogens with zero attached hydrogens (tertiary/aromatic N) is 4. The Labute approximate surface area is 81.2 Å². The normalized spacial score (nSPS) is 16.1. The van der Waals surface area contributed by atoms with Gasteiger partial charge in [0.25, 0.3) is 0 Å². The van der Waals surface area contributed by atoms with Crippen LogP contribution in [0.3, 0.4) is 0 Å². The van der Waals surface area contributed by atoms with Crippen LogP contribution in [-0.4, -0.2) is 25.6 Å². The summed E-state index contributed by atoms with van der Waals surface area (Å²) < 4.78 is 1.74. The van der Waals surface area contributed by atoms with Crippen molar-refractivity contribution >= 4 is 11.6 Å². The minimum Gasteiger partial charge on any atom is -0.351 e. The van der Waals surface area contributed by atoms with Crippen LogP contribution in [0.2, 0.25) is 0 Å². The van der Waals surface area contributed by atoms with Crippen molar-refractivity contribution in [1.29, 1.82) is 0 Å². The molecular weight excluding hydrogens is 178 g/mol. The molecule has 72 valence electrons. The zero-order valence-electron chi connectivity index (χ0n) is 7.94. The molecule has 0 saturated heterocycles. The molecule has 1 aliphatic carbocycles. The molecule has 0 unspecified atom stereocenters. The summed E-state index contributed by atoms with van der Waals surface area (Å²) in [5.41, 5.74) is 0.848. The van der Waals surface area contributed by atoms with Crippen molar-refractivity contribution in [3.63, 3.8) is 0 Å². The molecule has 0 aliphatic heterocycles. The molecule has 1 N–H and O–H groups in total. The number of aryl methyl sites for hydroxylation is 1. The Bertz CT molecular complexity index is 471. The third kappa shape index (κ3) is 1.21. The molecule has 0 aromatic carbocycles. The van der Waals surface area contributed by atoms with E-state index in [4.69, 9.17) is 0 Å². The number of nitrogens with one attached hydrogen (secondary N) is 1. The van der Waals surface area contributed by atoms with Crippen molar-refractivity contribution in [2.45, 2.75) is 25.8 Å². The van der Waals surface area contributed by atoms with Gasteiger partial charge < -0.3 is 5.32 Å².